The van der Waals surface area contributed by atoms with Crippen molar-refractivity contribution in [1.29, 1.82) is 0 Å². The molecule has 1 aliphatic rings. The number of halogens is 4. The van der Waals surface area contributed by atoms with Crippen molar-refractivity contribution >= 4 is 32.8 Å². The van der Waals surface area contributed by atoms with Gasteiger partial charge in [-0.3, -0.25) is 4.90 Å². The van der Waals surface area contributed by atoms with Gasteiger partial charge >= 0.3 is 12.3 Å². The minimum atomic E-state index is -4.77. The molecule has 3 aromatic carbocycles. The molecule has 0 bridgehead atoms. The van der Waals surface area contributed by atoms with Gasteiger partial charge in [-0.25, -0.2) is 4.79 Å². The van der Waals surface area contributed by atoms with Crippen molar-refractivity contribution in [3.63, 3.8) is 0 Å². The summed E-state index contributed by atoms with van der Waals surface area (Å²) in [6, 6.07) is 16.2. The molecule has 0 spiro atoms. The number of rotatable bonds is 3. The van der Waals surface area contributed by atoms with Crippen molar-refractivity contribution < 1.29 is 23.1 Å². The summed E-state index contributed by atoms with van der Waals surface area (Å²) in [4.78, 5) is 13.0. The van der Waals surface area contributed by atoms with Crippen LogP contribution in [0.25, 0.3) is 10.8 Å². The maximum atomic E-state index is 14.7. The molecule has 0 aromatic heterocycles. The highest BCUT2D eigenvalue weighted by atomic mass is 79.9. The number of amides is 1. The van der Waals surface area contributed by atoms with Crippen molar-refractivity contribution in [2.75, 3.05) is 0 Å². The zero-order valence-electron chi connectivity index (χ0n) is 16.1. The highest BCUT2D eigenvalue weighted by Gasteiger charge is 2.64. The SMILES string of the molecule is CC(c1cccc2ccccc12)N(C(=O)O)[C@]1(C(F)(F)F)CCc2cc(Br)ccc21. The van der Waals surface area contributed by atoms with Crippen LogP contribution in [0.4, 0.5) is 18.0 Å². The molecule has 156 valence electrons. The molecule has 0 heterocycles. The maximum Gasteiger partial charge on any atom is 0.416 e. The highest BCUT2D eigenvalue weighted by Crippen LogP contribution is 2.55. The lowest BCUT2D eigenvalue weighted by Crippen LogP contribution is -2.57. The largest absolute Gasteiger partial charge is 0.465 e. The molecular formula is C23H19BrF3NO2. The Morgan fingerprint density at radius 2 is 1.83 bits per heavy atom. The van der Waals surface area contributed by atoms with Gasteiger partial charge in [-0.05, 0) is 59.4 Å². The van der Waals surface area contributed by atoms with Crippen LogP contribution in [0, 0.1) is 0 Å². The van der Waals surface area contributed by atoms with Crippen molar-refractivity contribution in [3.05, 3.63) is 81.8 Å². The Bertz CT molecular complexity index is 1130. The molecular weight excluding hydrogens is 459 g/mol. The second-order valence-electron chi connectivity index (χ2n) is 7.56. The number of carbonyl (C=O) groups is 1. The molecule has 0 aliphatic heterocycles. The molecule has 3 aromatic rings. The third-order valence-electron chi connectivity index (χ3n) is 6.02. The van der Waals surface area contributed by atoms with Crippen LogP contribution in [-0.2, 0) is 12.0 Å². The fraction of sp³-hybridized carbons (Fsp3) is 0.261. The van der Waals surface area contributed by atoms with Crippen LogP contribution in [0.1, 0.15) is 36.1 Å². The smallest absolute Gasteiger partial charge is 0.416 e. The minimum absolute atomic E-state index is 0.00712. The van der Waals surface area contributed by atoms with Crippen molar-refractivity contribution in [2.45, 2.75) is 37.5 Å². The molecule has 0 saturated heterocycles. The first-order valence-electron chi connectivity index (χ1n) is 9.52. The van der Waals surface area contributed by atoms with Gasteiger partial charge in [0.05, 0.1) is 6.04 Å². The van der Waals surface area contributed by atoms with E-state index in [1.165, 1.54) is 19.1 Å². The van der Waals surface area contributed by atoms with Crippen molar-refractivity contribution in [2.24, 2.45) is 0 Å². The van der Waals surface area contributed by atoms with E-state index in [4.69, 9.17) is 0 Å². The van der Waals surface area contributed by atoms with Gasteiger partial charge in [-0.1, -0.05) is 64.5 Å². The van der Waals surface area contributed by atoms with E-state index in [-0.39, 0.29) is 18.4 Å². The zero-order valence-corrected chi connectivity index (χ0v) is 17.7. The van der Waals surface area contributed by atoms with E-state index in [1.54, 1.807) is 30.3 Å². The molecule has 7 heteroatoms. The molecule has 0 fully saturated rings. The standard InChI is InChI=1S/C23H19BrF3NO2/c1-14(18-8-4-6-15-5-2-3-7-19(15)18)28(21(29)30)22(23(25,26)27)12-11-16-13-17(24)9-10-20(16)22/h2-10,13-14H,11-12H2,1H3,(H,29,30)/t14?,22-/m1/s1. The fourth-order valence-electron chi connectivity index (χ4n) is 4.72. The molecule has 0 radical (unpaired) electrons. The van der Waals surface area contributed by atoms with Gasteiger partial charge in [0.25, 0.3) is 0 Å². The summed E-state index contributed by atoms with van der Waals surface area (Å²) in [7, 11) is 0. The van der Waals surface area contributed by atoms with Crippen LogP contribution in [0.3, 0.4) is 0 Å². The summed E-state index contributed by atoms with van der Waals surface area (Å²) in [5.74, 6) is 0. The molecule has 1 amide bonds. The third-order valence-corrected chi connectivity index (χ3v) is 6.51. The molecule has 0 saturated carbocycles. The van der Waals surface area contributed by atoms with E-state index >= 15 is 0 Å². The maximum absolute atomic E-state index is 14.7. The normalized spacial score (nSPS) is 19.5. The summed E-state index contributed by atoms with van der Waals surface area (Å²) in [5, 5.41) is 11.7. The van der Waals surface area contributed by atoms with Gasteiger partial charge in [0, 0.05) is 4.47 Å². The van der Waals surface area contributed by atoms with Gasteiger partial charge in [-0.2, -0.15) is 13.2 Å². The second kappa shape index (κ2) is 7.30. The van der Waals surface area contributed by atoms with Crippen molar-refractivity contribution in [1.82, 2.24) is 4.90 Å². The lowest BCUT2D eigenvalue weighted by atomic mass is 9.86. The predicted molar refractivity (Wildman–Crippen MR) is 112 cm³/mol. The molecule has 3 nitrogen and oxygen atoms in total. The van der Waals surface area contributed by atoms with Crippen LogP contribution in [0.5, 0.6) is 0 Å². The Balaban J connectivity index is 1.94. The summed E-state index contributed by atoms with van der Waals surface area (Å²) in [5.41, 5.74) is -1.54. The first-order chi connectivity index (χ1) is 14.2. The Morgan fingerprint density at radius 1 is 1.13 bits per heavy atom. The predicted octanol–water partition coefficient (Wildman–Crippen LogP) is 7.05. The van der Waals surface area contributed by atoms with Crippen LogP contribution >= 0.6 is 15.9 Å². The topological polar surface area (TPSA) is 40.5 Å². The number of hydrogen-bond acceptors (Lipinski definition) is 1. The van der Waals surface area contributed by atoms with Crippen molar-refractivity contribution in [3.8, 4) is 0 Å². The first kappa shape index (κ1) is 20.7. The molecule has 30 heavy (non-hydrogen) atoms. The van der Waals surface area contributed by atoms with Crippen LogP contribution in [0.15, 0.2) is 65.1 Å². The molecule has 2 atom stereocenters. The van der Waals surface area contributed by atoms with Crippen LogP contribution < -0.4 is 0 Å². The Hall–Kier alpha value is -2.54. The molecule has 1 unspecified atom stereocenters. The van der Waals surface area contributed by atoms with Gasteiger partial charge in [0.2, 0.25) is 0 Å². The van der Waals surface area contributed by atoms with E-state index in [0.29, 0.717) is 20.5 Å². The van der Waals surface area contributed by atoms with E-state index in [0.717, 1.165) is 10.8 Å². The van der Waals surface area contributed by atoms with Crippen LogP contribution in [0.2, 0.25) is 0 Å². The van der Waals surface area contributed by atoms with Gasteiger partial charge in [-0.15, -0.1) is 0 Å². The summed E-state index contributed by atoms with van der Waals surface area (Å²) < 4.78 is 44.7. The highest BCUT2D eigenvalue weighted by molar-refractivity contribution is 9.10. The number of fused-ring (bicyclic) bond motifs is 2. The summed E-state index contributed by atoms with van der Waals surface area (Å²) >= 11 is 3.30. The summed E-state index contributed by atoms with van der Waals surface area (Å²) in [6.07, 6.45) is -6.56. The summed E-state index contributed by atoms with van der Waals surface area (Å²) in [6.45, 7) is 1.53. The zero-order chi connectivity index (χ0) is 21.7. The number of hydrogen-bond donors (Lipinski definition) is 1. The molecule has 4 rings (SSSR count). The first-order valence-corrected chi connectivity index (χ1v) is 10.3. The monoisotopic (exact) mass is 477 g/mol. The Labute approximate surface area is 180 Å². The van der Waals surface area contributed by atoms with E-state index in [2.05, 4.69) is 15.9 Å². The lowest BCUT2D eigenvalue weighted by Gasteiger charge is -2.45. The second-order valence-corrected chi connectivity index (χ2v) is 8.47. The van der Waals surface area contributed by atoms with E-state index < -0.39 is 23.9 Å². The number of benzene rings is 3. The van der Waals surface area contributed by atoms with E-state index in [1.807, 2.05) is 18.2 Å². The molecule has 1 N–H and O–H groups in total. The fourth-order valence-corrected chi connectivity index (χ4v) is 5.13. The molecule has 1 aliphatic carbocycles. The number of nitrogens with zero attached hydrogens (tertiary/aromatic N) is 1. The average Bonchev–Trinajstić information content (AvgIpc) is 3.06. The van der Waals surface area contributed by atoms with Gasteiger partial charge in [0.1, 0.15) is 0 Å². The quantitative estimate of drug-likeness (QED) is 0.439. The Kier molecular flexibility index (Phi) is 5.04. The van der Waals surface area contributed by atoms with Gasteiger partial charge in [0.15, 0.2) is 5.54 Å². The van der Waals surface area contributed by atoms with Gasteiger partial charge < -0.3 is 5.11 Å². The Morgan fingerprint density at radius 3 is 2.53 bits per heavy atom. The lowest BCUT2D eigenvalue weighted by molar-refractivity contribution is -0.236. The number of carboxylic acid groups (broad SMARTS) is 1. The minimum Gasteiger partial charge on any atom is -0.465 e. The number of aryl methyl sites for hydroxylation is 1. The van der Waals surface area contributed by atoms with Crippen LogP contribution in [-0.4, -0.2) is 22.3 Å². The third kappa shape index (κ3) is 3.07. The van der Waals surface area contributed by atoms with E-state index in [9.17, 15) is 23.1 Å². The average molecular weight is 478 g/mol. The number of alkyl halides is 3.